The zero-order chi connectivity index (χ0) is 26.3. The molecule has 0 aliphatic carbocycles. The highest BCUT2D eigenvalue weighted by atomic mass is 35.5. The molecule has 2 amide bonds. The molecule has 0 aromatic heterocycles. The van der Waals surface area contributed by atoms with E-state index in [1.165, 1.54) is 9.21 Å². The van der Waals surface area contributed by atoms with Gasteiger partial charge in [-0.1, -0.05) is 23.7 Å². The van der Waals surface area contributed by atoms with Gasteiger partial charge in [-0.2, -0.15) is 0 Å². The average molecular weight is 538 g/mol. The highest BCUT2D eigenvalue weighted by molar-refractivity contribution is 7.92. The number of halogens is 1. The summed E-state index contributed by atoms with van der Waals surface area (Å²) < 4.78 is 37.4. The molecule has 1 heterocycles. The molecule has 1 N–H and O–H groups in total. The normalized spacial score (nSPS) is 13.6. The largest absolute Gasteiger partial charge is 0.486 e. The SMILES string of the molecule is CCNC(=O)[C@H](C)N(Cc1ccc(Cl)cc1)C(=O)CCCN(c1ccc2c(c1)OCCO2)S(C)(=O)=O. The van der Waals surface area contributed by atoms with Crippen molar-refractivity contribution in [1.82, 2.24) is 10.2 Å². The van der Waals surface area contributed by atoms with E-state index in [0.717, 1.165) is 11.8 Å². The Labute approximate surface area is 217 Å². The fourth-order valence-electron chi connectivity index (χ4n) is 3.88. The van der Waals surface area contributed by atoms with Crippen LogP contribution in [0.4, 0.5) is 5.69 Å². The maximum atomic E-state index is 13.2. The van der Waals surface area contributed by atoms with Crippen LogP contribution in [-0.4, -0.2) is 63.7 Å². The van der Waals surface area contributed by atoms with E-state index in [0.29, 0.717) is 42.0 Å². The summed E-state index contributed by atoms with van der Waals surface area (Å²) in [6.45, 7) is 5.08. The number of fused-ring (bicyclic) bond motifs is 1. The van der Waals surface area contributed by atoms with E-state index >= 15 is 0 Å². The summed E-state index contributed by atoms with van der Waals surface area (Å²) in [5.74, 6) is 0.535. The minimum Gasteiger partial charge on any atom is -0.486 e. The van der Waals surface area contributed by atoms with E-state index in [1.54, 1.807) is 49.4 Å². The van der Waals surface area contributed by atoms with Crippen LogP contribution in [0.5, 0.6) is 11.5 Å². The topological polar surface area (TPSA) is 105 Å². The Kier molecular flexibility index (Phi) is 9.44. The van der Waals surface area contributed by atoms with Crippen LogP contribution in [0, 0.1) is 0 Å². The van der Waals surface area contributed by atoms with Gasteiger partial charge in [-0.05, 0) is 50.1 Å². The summed E-state index contributed by atoms with van der Waals surface area (Å²) in [6, 6.07) is 11.3. The van der Waals surface area contributed by atoms with Crippen LogP contribution in [0.25, 0.3) is 0 Å². The van der Waals surface area contributed by atoms with Gasteiger partial charge in [0.15, 0.2) is 11.5 Å². The fraction of sp³-hybridized carbons (Fsp3) is 0.440. The first kappa shape index (κ1) is 27.6. The molecule has 0 bridgehead atoms. The van der Waals surface area contributed by atoms with E-state index in [1.807, 2.05) is 6.92 Å². The molecule has 0 radical (unpaired) electrons. The van der Waals surface area contributed by atoms with Crippen molar-refractivity contribution in [3.63, 3.8) is 0 Å². The Hall–Kier alpha value is -2.98. The molecule has 0 fully saturated rings. The molecule has 9 nitrogen and oxygen atoms in total. The number of hydrogen-bond donors (Lipinski definition) is 1. The maximum Gasteiger partial charge on any atom is 0.242 e. The highest BCUT2D eigenvalue weighted by Crippen LogP contribution is 2.34. The zero-order valence-electron chi connectivity index (χ0n) is 20.7. The maximum absolute atomic E-state index is 13.2. The van der Waals surface area contributed by atoms with Gasteiger partial charge in [0, 0.05) is 37.1 Å². The van der Waals surface area contributed by atoms with E-state index < -0.39 is 16.1 Å². The van der Waals surface area contributed by atoms with Gasteiger partial charge in [-0.15, -0.1) is 0 Å². The van der Waals surface area contributed by atoms with Gasteiger partial charge in [0.1, 0.15) is 19.3 Å². The van der Waals surface area contributed by atoms with E-state index in [2.05, 4.69) is 5.32 Å². The summed E-state index contributed by atoms with van der Waals surface area (Å²) in [4.78, 5) is 27.3. The number of carbonyl (C=O) groups excluding carboxylic acids is 2. The van der Waals surface area contributed by atoms with Crippen LogP contribution in [0.3, 0.4) is 0 Å². The van der Waals surface area contributed by atoms with E-state index in [9.17, 15) is 18.0 Å². The van der Waals surface area contributed by atoms with Gasteiger partial charge in [0.2, 0.25) is 21.8 Å². The Balaban J connectivity index is 1.72. The van der Waals surface area contributed by atoms with Crippen molar-refractivity contribution >= 4 is 39.1 Å². The first-order valence-corrected chi connectivity index (χ1v) is 14.0. The first-order chi connectivity index (χ1) is 17.1. The van der Waals surface area contributed by atoms with Crippen LogP contribution in [0.15, 0.2) is 42.5 Å². The lowest BCUT2D eigenvalue weighted by Crippen LogP contribution is -2.47. The lowest BCUT2D eigenvalue weighted by Gasteiger charge is -2.29. The number of anilines is 1. The minimum absolute atomic E-state index is 0.0634. The van der Waals surface area contributed by atoms with Crippen molar-refractivity contribution in [2.45, 2.75) is 39.3 Å². The van der Waals surface area contributed by atoms with Crippen LogP contribution in [-0.2, 0) is 26.2 Å². The summed E-state index contributed by atoms with van der Waals surface area (Å²) in [5.41, 5.74) is 1.26. The third-order valence-electron chi connectivity index (χ3n) is 5.75. The number of amides is 2. The third-order valence-corrected chi connectivity index (χ3v) is 7.20. The van der Waals surface area contributed by atoms with Crippen molar-refractivity contribution in [2.24, 2.45) is 0 Å². The molecule has 0 saturated heterocycles. The molecule has 196 valence electrons. The molecule has 0 unspecified atom stereocenters. The lowest BCUT2D eigenvalue weighted by atomic mass is 10.1. The van der Waals surface area contributed by atoms with Crippen LogP contribution in [0.2, 0.25) is 5.02 Å². The molecular formula is C25H32ClN3O6S. The van der Waals surface area contributed by atoms with Crippen molar-refractivity contribution in [2.75, 3.05) is 36.9 Å². The molecule has 2 aromatic rings. The minimum atomic E-state index is -3.62. The average Bonchev–Trinajstić information content (AvgIpc) is 2.85. The Morgan fingerprint density at radius 1 is 1.08 bits per heavy atom. The van der Waals surface area contributed by atoms with Crippen molar-refractivity contribution in [3.05, 3.63) is 53.1 Å². The Morgan fingerprint density at radius 2 is 1.75 bits per heavy atom. The quantitative estimate of drug-likeness (QED) is 0.472. The standard InChI is InChI=1S/C25H32ClN3O6S/c1-4-27-25(31)18(2)28(17-19-7-9-20(26)10-8-19)24(30)6-5-13-29(36(3,32)33)21-11-12-22-23(16-21)35-15-14-34-22/h7-12,16,18H,4-6,13-15,17H2,1-3H3,(H,27,31)/t18-/m0/s1. The van der Waals surface area contributed by atoms with Crippen molar-refractivity contribution in [1.29, 1.82) is 0 Å². The van der Waals surface area contributed by atoms with Gasteiger partial charge in [-0.3, -0.25) is 13.9 Å². The number of nitrogens with one attached hydrogen (secondary N) is 1. The number of nitrogens with zero attached hydrogens (tertiary/aromatic N) is 2. The molecule has 3 rings (SSSR count). The number of benzene rings is 2. The molecule has 2 aromatic carbocycles. The van der Waals surface area contributed by atoms with Gasteiger partial charge < -0.3 is 19.7 Å². The number of carbonyl (C=O) groups is 2. The third kappa shape index (κ3) is 7.27. The van der Waals surface area contributed by atoms with E-state index in [4.69, 9.17) is 21.1 Å². The summed E-state index contributed by atoms with van der Waals surface area (Å²) in [6.07, 6.45) is 1.45. The lowest BCUT2D eigenvalue weighted by molar-refractivity contribution is -0.140. The zero-order valence-corrected chi connectivity index (χ0v) is 22.3. The van der Waals surface area contributed by atoms with Gasteiger partial charge in [-0.25, -0.2) is 8.42 Å². The molecule has 36 heavy (non-hydrogen) atoms. The number of rotatable bonds is 11. The van der Waals surface area contributed by atoms with Gasteiger partial charge in [0.25, 0.3) is 0 Å². The number of hydrogen-bond acceptors (Lipinski definition) is 6. The van der Waals surface area contributed by atoms with E-state index in [-0.39, 0.29) is 37.7 Å². The van der Waals surface area contributed by atoms with Gasteiger partial charge >= 0.3 is 0 Å². The van der Waals surface area contributed by atoms with Gasteiger partial charge in [0.05, 0.1) is 11.9 Å². The summed E-state index contributed by atoms with van der Waals surface area (Å²) >= 11 is 5.98. The second-order valence-electron chi connectivity index (χ2n) is 8.49. The molecule has 1 atom stereocenters. The van der Waals surface area contributed by atoms with Crippen LogP contribution in [0.1, 0.15) is 32.3 Å². The molecule has 1 aliphatic heterocycles. The number of sulfonamides is 1. The second-order valence-corrected chi connectivity index (χ2v) is 10.8. The number of likely N-dealkylation sites (N-methyl/N-ethyl adjacent to an activating group) is 1. The summed E-state index contributed by atoms with van der Waals surface area (Å²) in [7, 11) is -3.62. The van der Waals surface area contributed by atoms with Crippen molar-refractivity contribution in [3.8, 4) is 11.5 Å². The predicted molar refractivity (Wildman–Crippen MR) is 139 cm³/mol. The summed E-state index contributed by atoms with van der Waals surface area (Å²) in [5, 5.41) is 3.33. The molecule has 0 saturated carbocycles. The fourth-order valence-corrected chi connectivity index (χ4v) is 4.97. The Morgan fingerprint density at radius 3 is 2.39 bits per heavy atom. The number of ether oxygens (including phenoxy) is 2. The van der Waals surface area contributed by atoms with Crippen LogP contribution < -0.4 is 19.1 Å². The smallest absolute Gasteiger partial charge is 0.242 e. The monoisotopic (exact) mass is 537 g/mol. The first-order valence-electron chi connectivity index (χ1n) is 11.8. The predicted octanol–water partition coefficient (Wildman–Crippen LogP) is 3.21. The second kappa shape index (κ2) is 12.3. The molecule has 11 heteroatoms. The molecular weight excluding hydrogens is 506 g/mol. The van der Waals surface area contributed by atoms with Crippen molar-refractivity contribution < 1.29 is 27.5 Å². The Bertz CT molecular complexity index is 1170. The molecule has 1 aliphatic rings. The highest BCUT2D eigenvalue weighted by Gasteiger charge is 2.27. The van der Waals surface area contributed by atoms with Crippen LogP contribution >= 0.6 is 11.6 Å². The molecule has 0 spiro atoms.